The number of allylic oxidation sites excluding steroid dienone is 6. The molecule has 0 fully saturated rings. The summed E-state index contributed by atoms with van der Waals surface area (Å²) in [6, 6.07) is 0. The molecule has 0 radical (unpaired) electrons. The van der Waals surface area contributed by atoms with E-state index in [1.807, 2.05) is 0 Å². The fourth-order valence-electron chi connectivity index (χ4n) is 4.73. The molecule has 0 saturated carbocycles. The van der Waals surface area contributed by atoms with Crippen LogP contribution in [0, 0.1) is 17.3 Å². The van der Waals surface area contributed by atoms with Crippen LogP contribution in [0.1, 0.15) is 66.2 Å². The maximum Gasteiger partial charge on any atom is -0.00420 e. The summed E-state index contributed by atoms with van der Waals surface area (Å²) in [6.45, 7) is 9.61. The second-order valence-corrected chi connectivity index (χ2v) is 7.40. The van der Waals surface area contributed by atoms with Crippen LogP contribution in [0.2, 0.25) is 0 Å². The molecule has 3 aliphatic rings. The molecule has 0 bridgehead atoms. The number of hydrogen-bond acceptors (Lipinski definition) is 0. The van der Waals surface area contributed by atoms with Crippen LogP contribution in [0.5, 0.6) is 0 Å². The maximum absolute atomic E-state index is 2.55. The van der Waals surface area contributed by atoms with Crippen molar-refractivity contribution in [1.82, 2.24) is 0 Å². The van der Waals surface area contributed by atoms with Gasteiger partial charge in [-0.15, -0.1) is 0 Å². The minimum Gasteiger partial charge on any atom is -0.0769 e. The van der Waals surface area contributed by atoms with E-state index in [4.69, 9.17) is 0 Å². The van der Waals surface area contributed by atoms with E-state index in [2.05, 4.69) is 39.8 Å². The van der Waals surface area contributed by atoms with Crippen LogP contribution in [0.3, 0.4) is 0 Å². The highest BCUT2D eigenvalue weighted by atomic mass is 14.5. The third-order valence-corrected chi connectivity index (χ3v) is 5.98. The first-order valence-corrected chi connectivity index (χ1v) is 8.12. The zero-order valence-corrected chi connectivity index (χ0v) is 13.1. The Bertz CT molecular complexity index is 472. The number of hydrogen-bond donors (Lipinski definition) is 0. The van der Waals surface area contributed by atoms with E-state index >= 15 is 0 Å². The molecule has 3 aliphatic carbocycles. The van der Waals surface area contributed by atoms with E-state index in [9.17, 15) is 0 Å². The van der Waals surface area contributed by atoms with Crippen molar-refractivity contribution in [2.24, 2.45) is 17.3 Å². The Morgan fingerprint density at radius 3 is 2.79 bits per heavy atom. The van der Waals surface area contributed by atoms with E-state index in [0.717, 1.165) is 11.8 Å². The van der Waals surface area contributed by atoms with Crippen molar-refractivity contribution in [3.63, 3.8) is 0 Å². The maximum atomic E-state index is 2.55. The van der Waals surface area contributed by atoms with Gasteiger partial charge in [0, 0.05) is 0 Å². The summed E-state index contributed by atoms with van der Waals surface area (Å²) in [4.78, 5) is 0. The van der Waals surface area contributed by atoms with Crippen LogP contribution in [-0.4, -0.2) is 0 Å². The van der Waals surface area contributed by atoms with Crippen LogP contribution in [0.4, 0.5) is 0 Å². The Kier molecular flexibility index (Phi) is 3.23. The van der Waals surface area contributed by atoms with Gasteiger partial charge in [-0.05, 0) is 68.3 Å². The van der Waals surface area contributed by atoms with Gasteiger partial charge in [-0.3, -0.25) is 0 Å². The zero-order valence-electron chi connectivity index (χ0n) is 13.1. The Hall–Kier alpha value is -0.780. The molecule has 1 unspecified atom stereocenters. The van der Waals surface area contributed by atoms with Crippen molar-refractivity contribution in [3.8, 4) is 0 Å². The van der Waals surface area contributed by atoms with Crippen molar-refractivity contribution >= 4 is 0 Å². The molecule has 0 aromatic rings. The van der Waals surface area contributed by atoms with E-state index in [-0.39, 0.29) is 0 Å². The molecule has 3 rings (SSSR count). The highest BCUT2D eigenvalue weighted by molar-refractivity contribution is 5.42. The molecule has 0 amide bonds. The molecule has 0 heterocycles. The summed E-state index contributed by atoms with van der Waals surface area (Å²) in [5.74, 6) is 1.52. The van der Waals surface area contributed by atoms with Crippen LogP contribution in [0.25, 0.3) is 0 Å². The van der Waals surface area contributed by atoms with Crippen molar-refractivity contribution in [1.29, 1.82) is 0 Å². The van der Waals surface area contributed by atoms with Crippen LogP contribution < -0.4 is 0 Å². The molecule has 19 heavy (non-hydrogen) atoms. The Labute approximate surface area is 118 Å². The zero-order chi connectivity index (χ0) is 13.6. The summed E-state index contributed by atoms with van der Waals surface area (Å²) < 4.78 is 0. The average Bonchev–Trinajstić information content (AvgIpc) is 2.38. The molecule has 0 spiro atoms. The Morgan fingerprint density at radius 1 is 1.26 bits per heavy atom. The van der Waals surface area contributed by atoms with Crippen LogP contribution in [0.15, 0.2) is 34.4 Å². The van der Waals surface area contributed by atoms with Crippen molar-refractivity contribution < 1.29 is 0 Å². The molecule has 0 aliphatic heterocycles. The monoisotopic (exact) mass is 256 g/mol. The lowest BCUT2D eigenvalue weighted by Crippen LogP contribution is -2.37. The van der Waals surface area contributed by atoms with Gasteiger partial charge in [0.15, 0.2) is 0 Å². The first-order valence-electron chi connectivity index (χ1n) is 8.12. The van der Waals surface area contributed by atoms with Crippen molar-refractivity contribution in [2.45, 2.75) is 66.2 Å². The van der Waals surface area contributed by atoms with Gasteiger partial charge in [-0.2, -0.15) is 0 Å². The largest absolute Gasteiger partial charge is 0.0769 e. The summed E-state index contributed by atoms with van der Waals surface area (Å²) in [5.41, 5.74) is 7.30. The predicted octanol–water partition coefficient (Wildman–Crippen LogP) is 5.82. The lowest BCUT2D eigenvalue weighted by molar-refractivity contribution is 0.205. The van der Waals surface area contributed by atoms with Gasteiger partial charge in [0.2, 0.25) is 0 Å². The summed E-state index contributed by atoms with van der Waals surface area (Å²) >= 11 is 0. The summed E-state index contributed by atoms with van der Waals surface area (Å²) in [5, 5.41) is 0. The van der Waals surface area contributed by atoms with Gasteiger partial charge in [0.1, 0.15) is 0 Å². The van der Waals surface area contributed by atoms with E-state index in [1.165, 1.54) is 38.5 Å². The molecular weight excluding hydrogens is 228 g/mol. The quantitative estimate of drug-likeness (QED) is 0.519. The average molecular weight is 256 g/mol. The standard InChI is InChI=1S/C19H28/c1-13(2)15-7-10-18-16(12-15)8-9-17-14(3)6-5-11-19(17,18)4/h8,12-13,18H,5-7,9-11H2,1-4H3/t18?,19-/m0/s1. The minimum absolute atomic E-state index is 0.478. The third-order valence-electron chi connectivity index (χ3n) is 5.98. The molecule has 0 aromatic heterocycles. The lowest BCUT2D eigenvalue weighted by atomic mass is 9.56. The van der Waals surface area contributed by atoms with E-state index in [1.54, 1.807) is 22.3 Å². The first-order chi connectivity index (χ1) is 9.02. The molecule has 0 N–H and O–H groups in total. The van der Waals surface area contributed by atoms with Crippen molar-refractivity contribution in [2.75, 3.05) is 0 Å². The predicted molar refractivity (Wildman–Crippen MR) is 83.0 cm³/mol. The Morgan fingerprint density at radius 2 is 2.05 bits per heavy atom. The lowest BCUT2D eigenvalue weighted by Gasteiger charge is -2.49. The molecule has 0 heteroatoms. The number of rotatable bonds is 1. The molecule has 2 atom stereocenters. The van der Waals surface area contributed by atoms with E-state index in [0.29, 0.717) is 5.41 Å². The van der Waals surface area contributed by atoms with Gasteiger partial charge in [-0.25, -0.2) is 0 Å². The highest BCUT2D eigenvalue weighted by Crippen LogP contribution is 2.56. The van der Waals surface area contributed by atoms with Gasteiger partial charge in [-0.1, -0.05) is 49.6 Å². The molecule has 0 nitrogen and oxygen atoms in total. The topological polar surface area (TPSA) is 0 Å². The van der Waals surface area contributed by atoms with Crippen LogP contribution in [-0.2, 0) is 0 Å². The normalized spacial score (nSPS) is 34.7. The van der Waals surface area contributed by atoms with Crippen LogP contribution >= 0.6 is 0 Å². The fraction of sp³-hybridized carbons (Fsp3) is 0.684. The smallest absolute Gasteiger partial charge is 0.00420 e. The van der Waals surface area contributed by atoms with Crippen molar-refractivity contribution in [3.05, 3.63) is 34.4 Å². The van der Waals surface area contributed by atoms with Gasteiger partial charge < -0.3 is 0 Å². The molecule has 104 valence electrons. The third kappa shape index (κ3) is 2.04. The molecule has 0 saturated heterocycles. The van der Waals surface area contributed by atoms with Gasteiger partial charge in [0.05, 0.1) is 0 Å². The molecule has 0 aromatic carbocycles. The van der Waals surface area contributed by atoms with E-state index < -0.39 is 0 Å². The minimum atomic E-state index is 0.478. The molecular formula is C19H28. The summed E-state index contributed by atoms with van der Waals surface area (Å²) in [6.07, 6.45) is 13.2. The second-order valence-electron chi connectivity index (χ2n) is 7.40. The fourth-order valence-corrected chi connectivity index (χ4v) is 4.73. The first kappa shape index (κ1) is 13.2. The SMILES string of the molecule is CC1=C2CC=C3C=C(C(C)C)CCC3[C@@]2(C)CCC1. The summed E-state index contributed by atoms with van der Waals surface area (Å²) in [7, 11) is 0. The Balaban J connectivity index is 2.01. The second kappa shape index (κ2) is 4.65. The number of fused-ring (bicyclic) bond motifs is 3. The highest BCUT2D eigenvalue weighted by Gasteiger charge is 2.43. The van der Waals surface area contributed by atoms with Gasteiger partial charge >= 0.3 is 0 Å². The van der Waals surface area contributed by atoms with Gasteiger partial charge in [0.25, 0.3) is 0 Å².